The largest absolute Gasteiger partial charge is 0.489 e. The van der Waals surface area contributed by atoms with Crippen LogP contribution in [0.2, 0.25) is 5.02 Å². The van der Waals surface area contributed by atoms with Crippen LogP contribution in [0.15, 0.2) is 42.5 Å². The highest BCUT2D eigenvalue weighted by Crippen LogP contribution is 2.34. The van der Waals surface area contributed by atoms with E-state index in [1.54, 1.807) is 25.3 Å². The van der Waals surface area contributed by atoms with Gasteiger partial charge in [-0.1, -0.05) is 30.7 Å². The number of ether oxygens (including phenoxy) is 4. The summed E-state index contributed by atoms with van der Waals surface area (Å²) in [4.78, 5) is 25.9. The summed E-state index contributed by atoms with van der Waals surface area (Å²) in [5, 5.41) is 3.63. The minimum Gasteiger partial charge on any atom is -0.489 e. The summed E-state index contributed by atoms with van der Waals surface area (Å²) in [5.41, 5.74) is 0.406. The van der Waals surface area contributed by atoms with Crippen molar-refractivity contribution in [3.63, 3.8) is 0 Å². The Bertz CT molecular complexity index is 1000. The number of amides is 1. The van der Waals surface area contributed by atoms with Gasteiger partial charge in [0, 0.05) is 24.1 Å². The molecule has 3 rings (SSSR count). The second-order valence-electron chi connectivity index (χ2n) is 8.94. The predicted molar refractivity (Wildman–Crippen MR) is 134 cm³/mol. The number of nitrogens with one attached hydrogen (secondary N) is 1. The normalized spacial score (nSPS) is 19.6. The van der Waals surface area contributed by atoms with E-state index in [-0.39, 0.29) is 5.91 Å². The Kier molecular flexibility index (Phi) is 9.81. The van der Waals surface area contributed by atoms with Crippen molar-refractivity contribution in [2.24, 2.45) is 5.92 Å². The van der Waals surface area contributed by atoms with Crippen LogP contribution in [-0.4, -0.2) is 51.5 Å². The van der Waals surface area contributed by atoms with E-state index in [1.165, 1.54) is 7.11 Å². The topological polar surface area (TPSA) is 83.1 Å². The van der Waals surface area contributed by atoms with Gasteiger partial charge < -0.3 is 24.3 Å². The van der Waals surface area contributed by atoms with Crippen molar-refractivity contribution in [1.29, 1.82) is 0 Å². The maximum atomic E-state index is 13.2. The molecular weight excluding hydrogens is 470 g/mol. The second-order valence-corrected chi connectivity index (χ2v) is 9.38. The minimum atomic E-state index is -1.01. The molecule has 0 spiro atoms. The quantitative estimate of drug-likeness (QED) is 0.349. The zero-order valence-electron chi connectivity index (χ0n) is 20.6. The molecule has 190 valence electrons. The highest BCUT2D eigenvalue weighted by atomic mass is 35.5. The first-order chi connectivity index (χ1) is 16.9. The first-order valence-electron chi connectivity index (χ1n) is 11.9. The molecule has 1 N–H and O–H groups in total. The number of benzene rings is 2. The summed E-state index contributed by atoms with van der Waals surface area (Å²) in [6.07, 6.45) is 3.43. The molecule has 1 aliphatic carbocycles. The number of esters is 1. The van der Waals surface area contributed by atoms with Gasteiger partial charge in [-0.25, -0.2) is 4.79 Å². The van der Waals surface area contributed by atoms with Crippen LogP contribution in [0.4, 0.5) is 0 Å². The molecule has 1 saturated carbocycles. The third-order valence-corrected chi connectivity index (χ3v) is 6.58. The van der Waals surface area contributed by atoms with Crippen LogP contribution in [0.3, 0.4) is 0 Å². The molecule has 0 atom stereocenters. The summed E-state index contributed by atoms with van der Waals surface area (Å²) in [6, 6.07) is 12.6. The lowest BCUT2D eigenvalue weighted by molar-refractivity contribution is -0.150. The average Bonchev–Trinajstić information content (AvgIpc) is 2.86. The molecule has 0 aliphatic heterocycles. The highest BCUT2D eigenvalue weighted by Gasteiger charge is 2.43. The van der Waals surface area contributed by atoms with Crippen molar-refractivity contribution in [1.82, 2.24) is 5.32 Å². The van der Waals surface area contributed by atoms with Crippen molar-refractivity contribution >= 4 is 23.5 Å². The molecule has 1 fully saturated rings. The molecule has 0 unspecified atom stereocenters. The van der Waals surface area contributed by atoms with E-state index >= 15 is 0 Å². The van der Waals surface area contributed by atoms with Crippen LogP contribution in [0, 0.1) is 5.92 Å². The lowest BCUT2D eigenvalue weighted by Gasteiger charge is -2.37. The fraction of sp³-hybridized carbons (Fsp3) is 0.481. The molecule has 2 aromatic rings. The van der Waals surface area contributed by atoms with Crippen LogP contribution in [0.25, 0.3) is 0 Å². The molecule has 35 heavy (non-hydrogen) atoms. The highest BCUT2D eigenvalue weighted by molar-refractivity contribution is 6.30. The van der Waals surface area contributed by atoms with Gasteiger partial charge in [-0.2, -0.15) is 0 Å². The van der Waals surface area contributed by atoms with Gasteiger partial charge in [-0.05, 0) is 67.5 Å². The summed E-state index contributed by atoms with van der Waals surface area (Å²) in [7, 11) is 2.95. The Morgan fingerprint density at radius 3 is 2.43 bits per heavy atom. The van der Waals surface area contributed by atoms with Crippen LogP contribution in [0.1, 0.15) is 48.5 Å². The third-order valence-electron chi connectivity index (χ3n) is 6.35. The van der Waals surface area contributed by atoms with Crippen molar-refractivity contribution in [3.8, 4) is 11.5 Å². The number of rotatable bonds is 11. The first-order valence-corrected chi connectivity index (χ1v) is 12.3. The van der Waals surface area contributed by atoms with Gasteiger partial charge >= 0.3 is 5.97 Å². The molecule has 8 heteroatoms. The molecule has 2 aromatic carbocycles. The summed E-state index contributed by atoms with van der Waals surface area (Å²) in [6.45, 7) is 3.29. The van der Waals surface area contributed by atoms with Gasteiger partial charge in [0.15, 0.2) is 11.5 Å². The molecule has 0 saturated heterocycles. The number of methoxy groups -OCH3 is 2. The second kappa shape index (κ2) is 12.8. The predicted octanol–water partition coefficient (Wildman–Crippen LogP) is 4.84. The van der Waals surface area contributed by atoms with Gasteiger partial charge in [0.2, 0.25) is 0 Å². The van der Waals surface area contributed by atoms with Crippen molar-refractivity contribution < 1.29 is 28.5 Å². The monoisotopic (exact) mass is 503 g/mol. The fourth-order valence-electron chi connectivity index (χ4n) is 4.21. The number of carbonyl (C=O) groups excluding carboxylic acids is 2. The Morgan fingerprint density at radius 2 is 1.74 bits per heavy atom. The van der Waals surface area contributed by atoms with E-state index in [4.69, 9.17) is 30.5 Å². The van der Waals surface area contributed by atoms with Crippen LogP contribution < -0.4 is 14.8 Å². The SMILES string of the molecule is COCCOc1ccc(C(=O)NC2(C(=O)OC)CCC(C)CC2)cc1OCCc1cccc(Cl)c1. The Hall–Kier alpha value is -2.77. The van der Waals surface area contributed by atoms with Crippen molar-refractivity contribution in [2.45, 2.75) is 44.6 Å². The number of carbonyl (C=O) groups is 2. The summed E-state index contributed by atoms with van der Waals surface area (Å²) >= 11 is 6.07. The van der Waals surface area contributed by atoms with Gasteiger partial charge in [0.1, 0.15) is 12.1 Å². The van der Waals surface area contributed by atoms with Crippen molar-refractivity contribution in [2.75, 3.05) is 34.0 Å². The zero-order chi connectivity index (χ0) is 25.3. The summed E-state index contributed by atoms with van der Waals surface area (Å²) < 4.78 is 21.9. The number of hydrogen-bond donors (Lipinski definition) is 1. The van der Waals surface area contributed by atoms with Gasteiger partial charge in [0.05, 0.1) is 20.3 Å². The maximum absolute atomic E-state index is 13.2. The zero-order valence-corrected chi connectivity index (χ0v) is 21.4. The van der Waals surface area contributed by atoms with Gasteiger partial charge in [-0.15, -0.1) is 0 Å². The lowest BCUT2D eigenvalue weighted by Crippen LogP contribution is -2.56. The molecule has 0 radical (unpaired) electrons. The van der Waals surface area contributed by atoms with E-state index in [9.17, 15) is 9.59 Å². The smallest absolute Gasteiger partial charge is 0.331 e. The Labute approximate surface area is 212 Å². The Balaban J connectivity index is 1.76. The standard InChI is InChI=1S/C27H34ClNO6/c1-19-9-12-27(13-10-19,26(31)33-3)29-25(30)21-7-8-23(35-16-15-32-2)24(18-21)34-14-11-20-5-4-6-22(28)17-20/h4-8,17-19H,9-16H2,1-3H3,(H,29,30). The van der Waals surface area contributed by atoms with E-state index in [0.717, 1.165) is 18.4 Å². The maximum Gasteiger partial charge on any atom is 0.331 e. The molecule has 7 nitrogen and oxygen atoms in total. The van der Waals surface area contributed by atoms with E-state index in [2.05, 4.69) is 12.2 Å². The number of halogens is 1. The molecule has 1 aliphatic rings. The molecule has 0 bridgehead atoms. The molecule has 0 aromatic heterocycles. The average molecular weight is 504 g/mol. The molecule has 0 heterocycles. The van der Waals surface area contributed by atoms with E-state index < -0.39 is 11.5 Å². The van der Waals surface area contributed by atoms with Crippen LogP contribution >= 0.6 is 11.6 Å². The first kappa shape index (κ1) is 26.8. The van der Waals surface area contributed by atoms with Crippen LogP contribution in [-0.2, 0) is 20.7 Å². The third kappa shape index (κ3) is 7.36. The van der Waals surface area contributed by atoms with Gasteiger partial charge in [0.25, 0.3) is 5.91 Å². The van der Waals surface area contributed by atoms with E-state index in [0.29, 0.717) is 67.1 Å². The molecule has 1 amide bonds. The number of hydrogen-bond acceptors (Lipinski definition) is 6. The Morgan fingerprint density at radius 1 is 1.00 bits per heavy atom. The molecular formula is C27H34ClNO6. The van der Waals surface area contributed by atoms with Crippen LogP contribution in [0.5, 0.6) is 11.5 Å². The van der Waals surface area contributed by atoms with Crippen molar-refractivity contribution in [3.05, 3.63) is 58.6 Å². The fourth-order valence-corrected chi connectivity index (χ4v) is 4.42. The van der Waals surface area contributed by atoms with E-state index in [1.807, 2.05) is 24.3 Å². The summed E-state index contributed by atoms with van der Waals surface area (Å²) in [5.74, 6) is 0.704. The minimum absolute atomic E-state index is 0.344. The lowest BCUT2D eigenvalue weighted by atomic mass is 9.77. The van der Waals surface area contributed by atoms with Gasteiger partial charge in [-0.3, -0.25) is 4.79 Å².